The maximum Gasteiger partial charge on any atom is 0.135 e. The number of nitrogens with zero attached hydrogens (tertiary/aromatic N) is 2. The van der Waals surface area contributed by atoms with Crippen molar-refractivity contribution in [1.82, 2.24) is 9.78 Å². The van der Waals surface area contributed by atoms with Gasteiger partial charge in [0.2, 0.25) is 0 Å². The molecular weight excluding hydrogens is 349 g/mol. The third-order valence-electron chi connectivity index (χ3n) is 3.09. The maximum atomic E-state index is 6.17. The van der Waals surface area contributed by atoms with Crippen molar-refractivity contribution in [1.29, 1.82) is 0 Å². The molecule has 1 aromatic heterocycles. The molecule has 0 aliphatic heterocycles. The predicted molar refractivity (Wildman–Crippen MR) is 88.3 cm³/mol. The van der Waals surface area contributed by atoms with E-state index in [1.54, 1.807) is 0 Å². The average Bonchev–Trinajstić information content (AvgIpc) is 2.60. The van der Waals surface area contributed by atoms with Crippen molar-refractivity contribution in [3.8, 4) is 0 Å². The largest absolute Gasteiger partial charge is 0.383 e. The lowest BCUT2D eigenvalue weighted by molar-refractivity contribution is 0.544. The molecule has 2 rings (SSSR count). The second kappa shape index (κ2) is 5.15. The fraction of sp³-hybridized carbons (Fsp3) is 0.400. The van der Waals surface area contributed by atoms with Crippen LogP contribution in [0.25, 0.3) is 0 Å². The summed E-state index contributed by atoms with van der Waals surface area (Å²) in [5.74, 6) is 0.756. The second-order valence-corrected chi connectivity index (χ2v) is 7.02. The molecular formula is C15H20IN3. The summed E-state index contributed by atoms with van der Waals surface area (Å²) in [4.78, 5) is 0. The standard InChI is InChI=1S/C15H20IN3/c1-10-5-7-11(8-6-10)9-19-14(17)12(16)13(18-19)15(2,3)4/h5-8H,9,17H2,1-4H3. The second-order valence-electron chi connectivity index (χ2n) is 5.94. The molecule has 4 heteroatoms. The molecule has 0 aliphatic rings. The smallest absolute Gasteiger partial charge is 0.135 e. The minimum Gasteiger partial charge on any atom is -0.383 e. The summed E-state index contributed by atoms with van der Waals surface area (Å²) >= 11 is 2.29. The molecule has 19 heavy (non-hydrogen) atoms. The van der Waals surface area contributed by atoms with Gasteiger partial charge in [0.05, 0.1) is 15.8 Å². The van der Waals surface area contributed by atoms with E-state index in [9.17, 15) is 0 Å². The highest BCUT2D eigenvalue weighted by atomic mass is 127. The maximum absolute atomic E-state index is 6.17. The summed E-state index contributed by atoms with van der Waals surface area (Å²) in [5.41, 5.74) is 9.74. The fourth-order valence-corrected chi connectivity index (χ4v) is 3.11. The first kappa shape index (κ1) is 14.4. The summed E-state index contributed by atoms with van der Waals surface area (Å²) < 4.78 is 2.96. The van der Waals surface area contributed by atoms with E-state index in [-0.39, 0.29) is 5.41 Å². The molecule has 0 bridgehead atoms. The van der Waals surface area contributed by atoms with Gasteiger partial charge in [-0.15, -0.1) is 0 Å². The Kier molecular flexibility index (Phi) is 3.90. The highest BCUT2D eigenvalue weighted by Gasteiger charge is 2.24. The number of aromatic nitrogens is 2. The highest BCUT2D eigenvalue weighted by Crippen LogP contribution is 2.30. The molecule has 0 fully saturated rings. The fourth-order valence-electron chi connectivity index (χ4n) is 1.92. The van der Waals surface area contributed by atoms with Gasteiger partial charge in [0.1, 0.15) is 5.82 Å². The molecule has 3 nitrogen and oxygen atoms in total. The number of nitrogens with two attached hydrogens (primary N) is 1. The van der Waals surface area contributed by atoms with Gasteiger partial charge in [0, 0.05) is 5.41 Å². The molecule has 102 valence electrons. The average molecular weight is 369 g/mol. The Morgan fingerprint density at radius 3 is 2.26 bits per heavy atom. The van der Waals surface area contributed by atoms with Crippen molar-refractivity contribution in [2.75, 3.05) is 5.73 Å². The van der Waals surface area contributed by atoms with Gasteiger partial charge in [-0.3, -0.25) is 0 Å². The Hall–Kier alpha value is -1.04. The van der Waals surface area contributed by atoms with Crippen LogP contribution in [0.4, 0.5) is 5.82 Å². The minimum atomic E-state index is 0.0170. The SMILES string of the molecule is Cc1ccc(Cn2nc(C(C)(C)C)c(I)c2N)cc1. The highest BCUT2D eigenvalue weighted by molar-refractivity contribution is 14.1. The van der Waals surface area contributed by atoms with Crippen LogP contribution in [0.15, 0.2) is 24.3 Å². The molecule has 0 aliphatic carbocycles. The Labute approximate surface area is 128 Å². The topological polar surface area (TPSA) is 43.8 Å². The van der Waals surface area contributed by atoms with E-state index in [1.807, 2.05) is 4.68 Å². The Morgan fingerprint density at radius 1 is 1.21 bits per heavy atom. The van der Waals surface area contributed by atoms with Crippen molar-refractivity contribution in [3.05, 3.63) is 44.7 Å². The quantitative estimate of drug-likeness (QED) is 0.820. The number of halogens is 1. The number of anilines is 1. The summed E-state index contributed by atoms with van der Waals surface area (Å²) in [6.07, 6.45) is 0. The molecule has 0 spiro atoms. The number of hydrogen-bond acceptors (Lipinski definition) is 2. The summed E-state index contributed by atoms with van der Waals surface area (Å²) in [6, 6.07) is 8.48. The van der Waals surface area contributed by atoms with E-state index in [0.29, 0.717) is 0 Å². The third kappa shape index (κ3) is 3.11. The van der Waals surface area contributed by atoms with Crippen LogP contribution in [0.5, 0.6) is 0 Å². The van der Waals surface area contributed by atoms with Crippen LogP contribution in [0.1, 0.15) is 37.6 Å². The number of nitrogen functional groups attached to an aromatic ring is 1. The Balaban J connectivity index is 2.34. The first-order valence-electron chi connectivity index (χ1n) is 6.37. The normalized spacial score (nSPS) is 11.8. The van der Waals surface area contributed by atoms with Gasteiger partial charge in [-0.25, -0.2) is 4.68 Å². The van der Waals surface area contributed by atoms with Crippen molar-refractivity contribution in [3.63, 3.8) is 0 Å². The Morgan fingerprint density at radius 2 is 1.79 bits per heavy atom. The lowest BCUT2D eigenvalue weighted by atomic mass is 9.92. The van der Waals surface area contributed by atoms with Crippen LogP contribution in [0.2, 0.25) is 0 Å². The van der Waals surface area contributed by atoms with Crippen molar-refractivity contribution in [2.45, 2.75) is 39.7 Å². The first-order chi connectivity index (χ1) is 8.79. The minimum absolute atomic E-state index is 0.0170. The molecule has 0 amide bonds. The van der Waals surface area contributed by atoms with Crippen molar-refractivity contribution >= 4 is 28.4 Å². The predicted octanol–water partition coefficient (Wildman–Crippen LogP) is 3.72. The Bertz CT molecular complexity index is 577. The summed E-state index contributed by atoms with van der Waals surface area (Å²) in [6.45, 7) is 9.29. The van der Waals surface area contributed by atoms with Gasteiger partial charge in [0.15, 0.2) is 0 Å². The number of aryl methyl sites for hydroxylation is 1. The van der Waals surface area contributed by atoms with E-state index < -0.39 is 0 Å². The molecule has 2 aromatic rings. The summed E-state index contributed by atoms with van der Waals surface area (Å²) in [7, 11) is 0. The van der Waals surface area contributed by atoms with Crippen LogP contribution in [0.3, 0.4) is 0 Å². The van der Waals surface area contributed by atoms with Gasteiger partial charge < -0.3 is 5.73 Å². The number of benzene rings is 1. The molecule has 0 radical (unpaired) electrons. The molecule has 0 saturated heterocycles. The van der Waals surface area contributed by atoms with Crippen molar-refractivity contribution in [2.24, 2.45) is 0 Å². The lowest BCUT2D eigenvalue weighted by Crippen LogP contribution is -2.14. The van der Waals surface area contributed by atoms with Gasteiger partial charge >= 0.3 is 0 Å². The molecule has 0 saturated carbocycles. The lowest BCUT2D eigenvalue weighted by Gasteiger charge is -2.15. The van der Waals surface area contributed by atoms with E-state index in [4.69, 9.17) is 5.73 Å². The zero-order valence-corrected chi connectivity index (χ0v) is 14.0. The van der Waals surface area contributed by atoms with Crippen LogP contribution in [0, 0.1) is 10.5 Å². The zero-order chi connectivity index (χ0) is 14.2. The van der Waals surface area contributed by atoms with Crippen LogP contribution >= 0.6 is 22.6 Å². The molecule has 0 atom stereocenters. The van der Waals surface area contributed by atoms with Crippen LogP contribution in [-0.2, 0) is 12.0 Å². The molecule has 0 unspecified atom stereocenters. The molecule has 1 aromatic carbocycles. The molecule has 2 N–H and O–H groups in total. The number of rotatable bonds is 2. The van der Waals surface area contributed by atoms with E-state index >= 15 is 0 Å². The monoisotopic (exact) mass is 369 g/mol. The van der Waals surface area contributed by atoms with Gasteiger partial charge in [-0.1, -0.05) is 50.6 Å². The van der Waals surface area contributed by atoms with E-state index in [2.05, 4.69) is 79.6 Å². The number of hydrogen-bond donors (Lipinski definition) is 1. The molecule has 1 heterocycles. The van der Waals surface area contributed by atoms with Crippen LogP contribution < -0.4 is 5.73 Å². The third-order valence-corrected chi connectivity index (χ3v) is 4.16. The zero-order valence-electron chi connectivity index (χ0n) is 11.9. The van der Waals surface area contributed by atoms with Gasteiger partial charge in [-0.2, -0.15) is 5.10 Å². The van der Waals surface area contributed by atoms with Crippen LogP contribution in [-0.4, -0.2) is 9.78 Å². The van der Waals surface area contributed by atoms with Gasteiger partial charge in [-0.05, 0) is 35.1 Å². The van der Waals surface area contributed by atoms with E-state index in [1.165, 1.54) is 11.1 Å². The first-order valence-corrected chi connectivity index (χ1v) is 7.44. The van der Waals surface area contributed by atoms with Crippen molar-refractivity contribution < 1.29 is 0 Å². The van der Waals surface area contributed by atoms with E-state index in [0.717, 1.165) is 21.6 Å². The summed E-state index contributed by atoms with van der Waals surface area (Å²) in [5, 5.41) is 4.68. The van der Waals surface area contributed by atoms with Gasteiger partial charge in [0.25, 0.3) is 0 Å².